The molecule has 0 aliphatic rings. The summed E-state index contributed by atoms with van der Waals surface area (Å²) in [6.45, 7) is 6.57. The highest BCUT2D eigenvalue weighted by Gasteiger charge is 2.19. The van der Waals surface area contributed by atoms with Crippen LogP contribution >= 0.6 is 0 Å². The molecule has 0 aliphatic heterocycles. The summed E-state index contributed by atoms with van der Waals surface area (Å²) in [5.41, 5.74) is 0. The van der Waals surface area contributed by atoms with E-state index in [0.29, 0.717) is 19.3 Å². The van der Waals surface area contributed by atoms with E-state index in [1.54, 1.807) is 0 Å². The van der Waals surface area contributed by atoms with Crippen molar-refractivity contribution in [2.45, 2.75) is 374 Å². The van der Waals surface area contributed by atoms with E-state index in [0.717, 1.165) is 96.3 Å². The molecule has 470 valence electrons. The summed E-state index contributed by atoms with van der Waals surface area (Å²) < 4.78 is 17.0. The fourth-order valence-corrected chi connectivity index (χ4v) is 10.4. The molecule has 0 saturated heterocycles. The van der Waals surface area contributed by atoms with Crippen molar-refractivity contribution in [3.05, 3.63) is 72.9 Å². The van der Waals surface area contributed by atoms with Gasteiger partial charge in [-0.3, -0.25) is 14.4 Å². The summed E-state index contributed by atoms with van der Waals surface area (Å²) in [6.07, 6.45) is 90.7. The molecule has 0 aromatic carbocycles. The molecule has 0 spiro atoms. The van der Waals surface area contributed by atoms with E-state index in [1.807, 2.05) is 0 Å². The van der Waals surface area contributed by atoms with Crippen LogP contribution in [0.25, 0.3) is 0 Å². The Morgan fingerprint density at radius 1 is 0.259 bits per heavy atom. The summed E-state index contributed by atoms with van der Waals surface area (Å²) in [5, 5.41) is 0. The second-order valence-corrected chi connectivity index (χ2v) is 23.8. The van der Waals surface area contributed by atoms with Crippen LogP contribution in [-0.2, 0) is 28.6 Å². The topological polar surface area (TPSA) is 78.9 Å². The van der Waals surface area contributed by atoms with Gasteiger partial charge in [0, 0.05) is 19.3 Å². The Balaban J connectivity index is 4.31. The van der Waals surface area contributed by atoms with Crippen molar-refractivity contribution in [2.75, 3.05) is 13.2 Å². The Morgan fingerprint density at radius 3 is 0.753 bits per heavy atom. The van der Waals surface area contributed by atoms with Crippen LogP contribution in [0, 0.1) is 0 Å². The zero-order valence-electron chi connectivity index (χ0n) is 54.1. The largest absolute Gasteiger partial charge is 0.462 e. The maximum atomic E-state index is 13.0. The third kappa shape index (κ3) is 67.5. The van der Waals surface area contributed by atoms with Gasteiger partial charge in [0.15, 0.2) is 6.10 Å². The molecule has 81 heavy (non-hydrogen) atoms. The Morgan fingerprint density at radius 2 is 0.481 bits per heavy atom. The average molecular weight is 1130 g/mol. The normalized spacial score (nSPS) is 12.5. The summed E-state index contributed by atoms with van der Waals surface area (Å²) in [6, 6.07) is 0. The van der Waals surface area contributed by atoms with E-state index in [9.17, 15) is 14.4 Å². The highest BCUT2D eigenvalue weighted by molar-refractivity contribution is 5.71. The van der Waals surface area contributed by atoms with Crippen LogP contribution in [-0.4, -0.2) is 37.2 Å². The first-order valence-corrected chi connectivity index (χ1v) is 35.4. The second-order valence-electron chi connectivity index (χ2n) is 23.8. The molecule has 1 unspecified atom stereocenters. The minimum absolute atomic E-state index is 0.0759. The molecule has 1 atom stereocenters. The fourth-order valence-electron chi connectivity index (χ4n) is 10.4. The molecule has 0 N–H and O–H groups in total. The van der Waals surface area contributed by atoms with Crippen LogP contribution in [0.2, 0.25) is 0 Å². The highest BCUT2D eigenvalue weighted by Crippen LogP contribution is 2.18. The predicted octanol–water partition coefficient (Wildman–Crippen LogP) is 24.4. The highest BCUT2D eigenvalue weighted by atomic mass is 16.6. The van der Waals surface area contributed by atoms with E-state index in [-0.39, 0.29) is 31.1 Å². The number of carbonyl (C=O) groups excluding carboxylic acids is 3. The molecular formula is C75H134O6. The van der Waals surface area contributed by atoms with Gasteiger partial charge >= 0.3 is 17.9 Å². The zero-order chi connectivity index (χ0) is 58.5. The van der Waals surface area contributed by atoms with Crippen molar-refractivity contribution in [3.8, 4) is 0 Å². The Bertz CT molecular complexity index is 1490. The summed E-state index contributed by atoms with van der Waals surface area (Å²) >= 11 is 0. The van der Waals surface area contributed by atoms with Crippen LogP contribution in [0.3, 0.4) is 0 Å². The molecule has 0 saturated carbocycles. The molecule has 6 heteroatoms. The van der Waals surface area contributed by atoms with E-state index >= 15 is 0 Å². The van der Waals surface area contributed by atoms with E-state index in [2.05, 4.69) is 93.7 Å². The fraction of sp³-hybridized carbons (Fsp3) is 0.800. The molecule has 0 amide bonds. The number of ether oxygens (including phenoxy) is 3. The second kappa shape index (κ2) is 69.3. The molecule has 0 rings (SSSR count). The molecule has 0 radical (unpaired) electrons. The number of allylic oxidation sites excluding steroid dienone is 12. The first kappa shape index (κ1) is 77.9. The van der Waals surface area contributed by atoms with Gasteiger partial charge in [-0.2, -0.15) is 0 Å². The van der Waals surface area contributed by atoms with Gasteiger partial charge in [0.1, 0.15) is 13.2 Å². The maximum absolute atomic E-state index is 13.0. The molecule has 0 aromatic rings. The third-order valence-corrected chi connectivity index (χ3v) is 15.7. The number of unbranched alkanes of at least 4 members (excludes halogenated alkanes) is 42. The van der Waals surface area contributed by atoms with Crippen molar-refractivity contribution in [3.63, 3.8) is 0 Å². The van der Waals surface area contributed by atoms with Crippen LogP contribution in [0.5, 0.6) is 0 Å². The number of rotatable bonds is 65. The van der Waals surface area contributed by atoms with Gasteiger partial charge in [-0.25, -0.2) is 0 Å². The minimum Gasteiger partial charge on any atom is -0.462 e. The van der Waals surface area contributed by atoms with Gasteiger partial charge in [-0.05, 0) is 89.9 Å². The maximum Gasteiger partial charge on any atom is 0.306 e. The van der Waals surface area contributed by atoms with Crippen LogP contribution in [0.15, 0.2) is 72.9 Å². The third-order valence-electron chi connectivity index (χ3n) is 15.7. The number of hydrogen-bond acceptors (Lipinski definition) is 6. The van der Waals surface area contributed by atoms with E-state index in [4.69, 9.17) is 14.2 Å². The van der Waals surface area contributed by atoms with Crippen molar-refractivity contribution in [1.29, 1.82) is 0 Å². The standard InChI is InChI=1S/C75H134O6/c1-4-7-10-13-16-19-22-25-28-31-33-34-35-36-37-38-39-40-42-44-47-50-53-56-59-62-65-68-74(77)80-71-72(70-79-73(76)67-64-61-58-55-52-49-46-43-30-27-24-21-18-15-12-9-6-3)81-75(78)69-66-63-60-57-54-51-48-45-41-32-29-26-23-20-17-14-11-8-5-2/h9,12,18,21-22,25,27,30-31,33,35-36,72H,4-8,10-11,13-17,19-20,23-24,26,28-29,32,34,37-71H2,1-3H3/b12-9-,21-18-,25-22-,30-27-,33-31-,36-35-. The lowest BCUT2D eigenvalue weighted by molar-refractivity contribution is -0.167. The number of esters is 3. The van der Waals surface area contributed by atoms with E-state index < -0.39 is 6.10 Å². The van der Waals surface area contributed by atoms with Gasteiger partial charge in [0.2, 0.25) is 0 Å². The van der Waals surface area contributed by atoms with Crippen LogP contribution in [0.1, 0.15) is 367 Å². The first-order chi connectivity index (χ1) is 40.0. The lowest BCUT2D eigenvalue weighted by Crippen LogP contribution is -2.30. The summed E-state index contributed by atoms with van der Waals surface area (Å²) in [5.74, 6) is -0.864. The summed E-state index contributed by atoms with van der Waals surface area (Å²) in [7, 11) is 0. The van der Waals surface area contributed by atoms with Crippen LogP contribution in [0.4, 0.5) is 0 Å². The lowest BCUT2D eigenvalue weighted by atomic mass is 10.0. The Kier molecular flexibility index (Phi) is 66.6. The summed E-state index contributed by atoms with van der Waals surface area (Å²) in [4.78, 5) is 38.5. The minimum atomic E-state index is -0.780. The molecular weight excluding hydrogens is 997 g/mol. The van der Waals surface area contributed by atoms with Gasteiger partial charge in [0.25, 0.3) is 0 Å². The predicted molar refractivity (Wildman–Crippen MR) is 353 cm³/mol. The molecule has 6 nitrogen and oxygen atoms in total. The van der Waals surface area contributed by atoms with Crippen molar-refractivity contribution < 1.29 is 28.6 Å². The van der Waals surface area contributed by atoms with Gasteiger partial charge in [-0.1, -0.05) is 331 Å². The average Bonchev–Trinajstić information content (AvgIpc) is 3.47. The lowest BCUT2D eigenvalue weighted by Gasteiger charge is -2.18. The van der Waals surface area contributed by atoms with Crippen molar-refractivity contribution in [1.82, 2.24) is 0 Å². The quantitative estimate of drug-likeness (QED) is 0.0261. The van der Waals surface area contributed by atoms with Gasteiger partial charge in [-0.15, -0.1) is 0 Å². The van der Waals surface area contributed by atoms with E-state index in [1.165, 1.54) is 231 Å². The van der Waals surface area contributed by atoms with Gasteiger partial charge < -0.3 is 14.2 Å². The number of carbonyl (C=O) groups is 3. The Labute approximate surface area is 503 Å². The molecule has 0 aromatic heterocycles. The number of hydrogen-bond donors (Lipinski definition) is 0. The molecule has 0 heterocycles. The zero-order valence-corrected chi connectivity index (χ0v) is 54.1. The smallest absolute Gasteiger partial charge is 0.306 e. The molecule has 0 bridgehead atoms. The van der Waals surface area contributed by atoms with Crippen LogP contribution < -0.4 is 0 Å². The van der Waals surface area contributed by atoms with Crippen molar-refractivity contribution in [2.24, 2.45) is 0 Å². The molecule has 0 fully saturated rings. The Hall–Kier alpha value is -3.15. The SMILES string of the molecule is CC/C=C\C/C=C\C/C=C\CCCCCCCCCC(=O)OCC(COC(=O)CCCCCCCCCCCCCC/C=C\C/C=C\C/C=C\CCCCCCC)OC(=O)CCCCCCCCCCCCCCCCCCCCC. The van der Waals surface area contributed by atoms with Crippen molar-refractivity contribution >= 4 is 17.9 Å². The first-order valence-electron chi connectivity index (χ1n) is 35.4. The molecule has 0 aliphatic carbocycles. The monoisotopic (exact) mass is 1130 g/mol. The van der Waals surface area contributed by atoms with Gasteiger partial charge in [0.05, 0.1) is 0 Å².